The molecule has 0 aromatic carbocycles. The van der Waals surface area contributed by atoms with Gasteiger partial charge >= 0.3 is 0 Å². The Morgan fingerprint density at radius 1 is 1.38 bits per heavy atom. The summed E-state index contributed by atoms with van der Waals surface area (Å²) in [6, 6.07) is 0.618. The second kappa shape index (κ2) is 7.97. The molecule has 2 rings (SSSR count). The number of aromatic nitrogens is 3. The van der Waals surface area contributed by atoms with Crippen LogP contribution >= 0.6 is 0 Å². The minimum Gasteiger partial charge on any atom is -0.355 e. The lowest BCUT2D eigenvalue weighted by atomic mass is 10.2. The van der Waals surface area contributed by atoms with Gasteiger partial charge in [0.1, 0.15) is 6.33 Å². The zero-order valence-electron chi connectivity index (χ0n) is 13.3. The quantitative estimate of drug-likeness (QED) is 0.588. The Labute approximate surface area is 126 Å². The summed E-state index contributed by atoms with van der Waals surface area (Å²) in [6.45, 7) is 9.10. The number of nitrogens with one attached hydrogen (secondary N) is 2. The van der Waals surface area contributed by atoms with E-state index in [0.29, 0.717) is 12.6 Å². The van der Waals surface area contributed by atoms with Crippen molar-refractivity contribution < 1.29 is 0 Å². The summed E-state index contributed by atoms with van der Waals surface area (Å²) >= 11 is 0. The van der Waals surface area contributed by atoms with Crippen LogP contribution in [0.3, 0.4) is 0 Å². The number of guanidine groups is 1. The molecule has 0 amide bonds. The smallest absolute Gasteiger partial charge is 0.191 e. The average molecular weight is 293 g/mol. The molecular weight excluding hydrogens is 266 g/mol. The van der Waals surface area contributed by atoms with Gasteiger partial charge in [-0.2, -0.15) is 0 Å². The van der Waals surface area contributed by atoms with Crippen molar-refractivity contribution in [1.29, 1.82) is 0 Å². The molecule has 1 atom stereocenters. The van der Waals surface area contributed by atoms with Crippen molar-refractivity contribution in [2.24, 2.45) is 4.99 Å². The molecule has 0 saturated carbocycles. The first-order chi connectivity index (χ1) is 10.3. The Hall–Kier alpha value is -1.63. The first kappa shape index (κ1) is 15.8. The molecule has 21 heavy (non-hydrogen) atoms. The van der Waals surface area contributed by atoms with Crippen molar-refractivity contribution >= 4 is 5.96 Å². The molecule has 1 aliphatic rings. The fourth-order valence-corrected chi connectivity index (χ4v) is 2.82. The van der Waals surface area contributed by atoms with Crippen LogP contribution in [0.25, 0.3) is 0 Å². The molecule has 118 valence electrons. The standard InChI is InChI=1S/C14H27N7/c1-4-20-8-6-7-12(20)9-16-14(15-3)17-10-13-19-18-11-21(13)5-2/h11-12H,4-10H2,1-3H3,(H2,15,16,17). The molecule has 1 aromatic rings. The fourth-order valence-electron chi connectivity index (χ4n) is 2.82. The molecule has 1 unspecified atom stereocenters. The Kier molecular flexibility index (Phi) is 5.98. The van der Waals surface area contributed by atoms with E-state index < -0.39 is 0 Å². The monoisotopic (exact) mass is 293 g/mol. The predicted molar refractivity (Wildman–Crippen MR) is 84.2 cm³/mol. The summed E-state index contributed by atoms with van der Waals surface area (Å²) in [5.74, 6) is 1.75. The Morgan fingerprint density at radius 3 is 2.95 bits per heavy atom. The molecule has 7 heteroatoms. The summed E-state index contributed by atoms with van der Waals surface area (Å²) in [7, 11) is 1.80. The molecule has 1 saturated heterocycles. The van der Waals surface area contributed by atoms with E-state index in [1.165, 1.54) is 19.4 Å². The number of hydrogen-bond donors (Lipinski definition) is 2. The van der Waals surface area contributed by atoms with Gasteiger partial charge in [-0.1, -0.05) is 6.92 Å². The molecular formula is C14H27N7. The van der Waals surface area contributed by atoms with Crippen molar-refractivity contribution in [3.8, 4) is 0 Å². The molecule has 2 N–H and O–H groups in total. The van der Waals surface area contributed by atoms with Crippen molar-refractivity contribution in [3.63, 3.8) is 0 Å². The van der Waals surface area contributed by atoms with Crippen LogP contribution in [0, 0.1) is 0 Å². The Morgan fingerprint density at radius 2 is 2.24 bits per heavy atom. The summed E-state index contributed by atoms with van der Waals surface area (Å²) in [5.41, 5.74) is 0. The van der Waals surface area contributed by atoms with E-state index in [1.54, 1.807) is 13.4 Å². The topological polar surface area (TPSA) is 70.4 Å². The second-order valence-corrected chi connectivity index (χ2v) is 5.26. The predicted octanol–water partition coefficient (Wildman–Crippen LogP) is 0.447. The molecule has 1 aromatic heterocycles. The molecule has 0 radical (unpaired) electrons. The van der Waals surface area contributed by atoms with Gasteiger partial charge in [0.05, 0.1) is 6.54 Å². The van der Waals surface area contributed by atoms with Crippen molar-refractivity contribution in [3.05, 3.63) is 12.2 Å². The Bertz CT molecular complexity index is 454. The molecule has 7 nitrogen and oxygen atoms in total. The summed E-state index contributed by atoms with van der Waals surface area (Å²) in [6.07, 6.45) is 4.32. The third-order valence-electron chi connectivity index (χ3n) is 4.08. The molecule has 0 bridgehead atoms. The summed E-state index contributed by atoms with van der Waals surface area (Å²) < 4.78 is 2.02. The molecule has 0 spiro atoms. The Balaban J connectivity index is 1.78. The number of hydrogen-bond acceptors (Lipinski definition) is 4. The maximum Gasteiger partial charge on any atom is 0.191 e. The zero-order valence-corrected chi connectivity index (χ0v) is 13.3. The van der Waals surface area contributed by atoms with Gasteiger partial charge < -0.3 is 15.2 Å². The lowest BCUT2D eigenvalue weighted by Gasteiger charge is -2.23. The molecule has 1 aliphatic heterocycles. The van der Waals surface area contributed by atoms with Gasteiger partial charge in [0, 0.05) is 26.2 Å². The minimum absolute atomic E-state index is 0.618. The van der Waals surface area contributed by atoms with Gasteiger partial charge in [-0.25, -0.2) is 0 Å². The van der Waals surface area contributed by atoms with Crippen LogP contribution in [-0.2, 0) is 13.1 Å². The third kappa shape index (κ3) is 4.17. The highest BCUT2D eigenvalue weighted by molar-refractivity contribution is 5.79. The van der Waals surface area contributed by atoms with E-state index in [-0.39, 0.29) is 0 Å². The first-order valence-corrected chi connectivity index (χ1v) is 7.83. The third-order valence-corrected chi connectivity index (χ3v) is 4.08. The van der Waals surface area contributed by atoms with Crippen LogP contribution < -0.4 is 10.6 Å². The second-order valence-electron chi connectivity index (χ2n) is 5.26. The van der Waals surface area contributed by atoms with Crippen LogP contribution in [-0.4, -0.2) is 58.3 Å². The van der Waals surface area contributed by atoms with Gasteiger partial charge in [0.15, 0.2) is 11.8 Å². The highest BCUT2D eigenvalue weighted by Gasteiger charge is 2.22. The minimum atomic E-state index is 0.618. The zero-order chi connectivity index (χ0) is 15.1. The number of aliphatic imine (C=N–C) groups is 1. The lowest BCUT2D eigenvalue weighted by molar-refractivity contribution is 0.267. The van der Waals surface area contributed by atoms with E-state index in [0.717, 1.165) is 31.4 Å². The lowest BCUT2D eigenvalue weighted by Crippen LogP contribution is -2.44. The number of rotatable bonds is 6. The highest BCUT2D eigenvalue weighted by atomic mass is 15.3. The molecule has 2 heterocycles. The van der Waals surface area contributed by atoms with Crippen LogP contribution in [0.1, 0.15) is 32.5 Å². The maximum absolute atomic E-state index is 4.27. The van der Waals surface area contributed by atoms with E-state index in [2.05, 4.69) is 44.6 Å². The number of nitrogens with zero attached hydrogens (tertiary/aromatic N) is 5. The number of likely N-dealkylation sites (tertiary alicyclic amines) is 1. The van der Waals surface area contributed by atoms with Crippen LogP contribution in [0.5, 0.6) is 0 Å². The number of aryl methyl sites for hydroxylation is 1. The molecule has 1 fully saturated rings. The van der Waals surface area contributed by atoms with Crippen molar-refractivity contribution in [2.45, 2.75) is 45.8 Å². The van der Waals surface area contributed by atoms with E-state index in [4.69, 9.17) is 0 Å². The summed E-state index contributed by atoms with van der Waals surface area (Å²) in [5, 5.41) is 14.8. The van der Waals surface area contributed by atoms with Gasteiger partial charge in [0.2, 0.25) is 0 Å². The molecule has 0 aliphatic carbocycles. The van der Waals surface area contributed by atoms with Crippen LogP contribution in [0.2, 0.25) is 0 Å². The highest BCUT2D eigenvalue weighted by Crippen LogP contribution is 2.15. The van der Waals surface area contributed by atoms with Crippen LogP contribution in [0.4, 0.5) is 0 Å². The van der Waals surface area contributed by atoms with E-state index >= 15 is 0 Å². The average Bonchev–Trinajstić information content (AvgIpc) is 3.15. The van der Waals surface area contributed by atoms with E-state index in [9.17, 15) is 0 Å². The SMILES string of the molecule is CCN1CCCC1CNC(=NC)NCc1nncn1CC. The van der Waals surface area contributed by atoms with Gasteiger partial charge in [-0.05, 0) is 32.9 Å². The first-order valence-electron chi connectivity index (χ1n) is 7.83. The van der Waals surface area contributed by atoms with Gasteiger partial charge in [0.25, 0.3) is 0 Å². The van der Waals surface area contributed by atoms with Crippen LogP contribution in [0.15, 0.2) is 11.3 Å². The van der Waals surface area contributed by atoms with Gasteiger partial charge in [-0.15, -0.1) is 10.2 Å². The summed E-state index contributed by atoms with van der Waals surface area (Å²) in [4.78, 5) is 6.80. The fraction of sp³-hybridized carbons (Fsp3) is 0.786. The van der Waals surface area contributed by atoms with Crippen molar-refractivity contribution in [1.82, 2.24) is 30.3 Å². The van der Waals surface area contributed by atoms with Crippen molar-refractivity contribution in [2.75, 3.05) is 26.7 Å². The number of likely N-dealkylation sites (N-methyl/N-ethyl adjacent to an activating group) is 1. The normalized spacial score (nSPS) is 20.0. The van der Waals surface area contributed by atoms with Gasteiger partial charge in [-0.3, -0.25) is 9.89 Å². The largest absolute Gasteiger partial charge is 0.355 e. The van der Waals surface area contributed by atoms with E-state index in [1.807, 2.05) is 4.57 Å². The maximum atomic E-state index is 4.27.